The van der Waals surface area contributed by atoms with Crippen molar-refractivity contribution in [2.75, 3.05) is 23.9 Å². The average molecular weight is 373 g/mol. The third-order valence-corrected chi connectivity index (χ3v) is 4.81. The molecule has 2 amide bonds. The third kappa shape index (κ3) is 3.68. The first-order valence-electron chi connectivity index (χ1n) is 8.41. The standard InChI is InChI=1S/C20H21ClN2O3/c1-12-4-7-18(26-3)17(8-12)23-11-14(9-19(23)24)20(25)22-16-10-15(21)6-5-13(16)2/h4-8,10,14H,9,11H2,1-3H3,(H,22,25)/t14-/m1/s1. The number of amides is 2. The Morgan fingerprint density at radius 1 is 1.23 bits per heavy atom. The maximum absolute atomic E-state index is 12.7. The highest BCUT2D eigenvalue weighted by Crippen LogP contribution is 2.34. The van der Waals surface area contributed by atoms with Crippen molar-refractivity contribution in [2.24, 2.45) is 5.92 Å². The SMILES string of the molecule is COc1ccc(C)cc1N1C[C@H](C(=O)Nc2cc(Cl)ccc2C)CC1=O. The minimum atomic E-state index is -0.425. The lowest BCUT2D eigenvalue weighted by atomic mass is 10.1. The van der Waals surface area contributed by atoms with Gasteiger partial charge < -0.3 is 15.0 Å². The molecule has 1 heterocycles. The topological polar surface area (TPSA) is 58.6 Å². The normalized spacial score (nSPS) is 16.7. The zero-order chi connectivity index (χ0) is 18.8. The fourth-order valence-electron chi connectivity index (χ4n) is 3.09. The van der Waals surface area contributed by atoms with Gasteiger partial charge in [-0.15, -0.1) is 0 Å². The molecular weight excluding hydrogens is 352 g/mol. The minimum Gasteiger partial charge on any atom is -0.495 e. The Hall–Kier alpha value is -2.53. The van der Waals surface area contributed by atoms with Gasteiger partial charge in [0.1, 0.15) is 5.75 Å². The van der Waals surface area contributed by atoms with E-state index in [9.17, 15) is 9.59 Å². The number of carbonyl (C=O) groups excluding carboxylic acids is 2. The van der Waals surface area contributed by atoms with Crippen LogP contribution in [0.15, 0.2) is 36.4 Å². The van der Waals surface area contributed by atoms with Gasteiger partial charge in [0.25, 0.3) is 0 Å². The molecule has 1 aliphatic rings. The number of benzene rings is 2. The highest BCUT2D eigenvalue weighted by Gasteiger charge is 2.36. The van der Waals surface area contributed by atoms with E-state index in [1.54, 1.807) is 24.1 Å². The Kier molecular flexibility index (Phi) is 5.18. The lowest BCUT2D eigenvalue weighted by Gasteiger charge is -2.20. The molecular formula is C20H21ClN2O3. The number of nitrogens with zero attached hydrogens (tertiary/aromatic N) is 1. The molecule has 136 valence electrons. The van der Waals surface area contributed by atoms with Crippen LogP contribution in [0.2, 0.25) is 5.02 Å². The molecule has 2 aromatic carbocycles. The van der Waals surface area contributed by atoms with Gasteiger partial charge in [0.05, 0.1) is 18.7 Å². The van der Waals surface area contributed by atoms with Gasteiger partial charge in [0.2, 0.25) is 11.8 Å². The predicted octanol–water partition coefficient (Wildman–Crippen LogP) is 3.96. The van der Waals surface area contributed by atoms with E-state index in [1.807, 2.05) is 38.1 Å². The summed E-state index contributed by atoms with van der Waals surface area (Å²) in [7, 11) is 1.57. The predicted molar refractivity (Wildman–Crippen MR) is 103 cm³/mol. The van der Waals surface area contributed by atoms with Crippen molar-refractivity contribution >= 4 is 34.8 Å². The number of anilines is 2. The minimum absolute atomic E-state index is 0.0862. The zero-order valence-corrected chi connectivity index (χ0v) is 15.8. The first-order valence-corrected chi connectivity index (χ1v) is 8.79. The number of ether oxygens (including phenoxy) is 1. The molecule has 1 aliphatic heterocycles. The average Bonchev–Trinajstić information content (AvgIpc) is 3.00. The summed E-state index contributed by atoms with van der Waals surface area (Å²) in [4.78, 5) is 26.8. The Morgan fingerprint density at radius 3 is 2.73 bits per heavy atom. The van der Waals surface area contributed by atoms with Crippen molar-refractivity contribution < 1.29 is 14.3 Å². The molecule has 1 N–H and O–H groups in total. The number of nitrogens with one attached hydrogen (secondary N) is 1. The van der Waals surface area contributed by atoms with Gasteiger partial charge in [-0.3, -0.25) is 9.59 Å². The van der Waals surface area contributed by atoms with Crippen LogP contribution in [0, 0.1) is 19.8 Å². The van der Waals surface area contributed by atoms with E-state index in [4.69, 9.17) is 16.3 Å². The van der Waals surface area contributed by atoms with E-state index in [0.717, 1.165) is 11.1 Å². The van der Waals surface area contributed by atoms with Crippen LogP contribution in [0.1, 0.15) is 17.5 Å². The summed E-state index contributed by atoms with van der Waals surface area (Å²) in [6.07, 6.45) is 0.169. The number of carbonyl (C=O) groups is 2. The Bertz CT molecular complexity index is 866. The molecule has 0 radical (unpaired) electrons. The molecule has 0 aliphatic carbocycles. The molecule has 0 unspecified atom stereocenters. The van der Waals surface area contributed by atoms with Crippen molar-refractivity contribution in [1.29, 1.82) is 0 Å². The van der Waals surface area contributed by atoms with Crippen molar-refractivity contribution in [1.82, 2.24) is 0 Å². The van der Waals surface area contributed by atoms with Gasteiger partial charge in [-0.05, 0) is 49.2 Å². The van der Waals surface area contributed by atoms with Crippen molar-refractivity contribution in [3.8, 4) is 5.75 Å². The zero-order valence-electron chi connectivity index (χ0n) is 15.0. The molecule has 0 aromatic heterocycles. The van der Waals surface area contributed by atoms with Crippen LogP contribution in [0.3, 0.4) is 0 Å². The molecule has 26 heavy (non-hydrogen) atoms. The third-order valence-electron chi connectivity index (χ3n) is 4.58. The maximum atomic E-state index is 12.7. The van der Waals surface area contributed by atoms with Gasteiger partial charge in [0, 0.05) is 23.7 Å². The second-order valence-corrected chi connectivity index (χ2v) is 6.97. The van der Waals surface area contributed by atoms with Gasteiger partial charge >= 0.3 is 0 Å². The molecule has 1 saturated heterocycles. The molecule has 5 nitrogen and oxygen atoms in total. The summed E-state index contributed by atoms with van der Waals surface area (Å²) in [6, 6.07) is 11.0. The summed E-state index contributed by atoms with van der Waals surface area (Å²) in [5.74, 6) is -0.0727. The van der Waals surface area contributed by atoms with E-state index in [2.05, 4.69) is 5.32 Å². The van der Waals surface area contributed by atoms with Crippen LogP contribution >= 0.6 is 11.6 Å². The molecule has 1 atom stereocenters. The summed E-state index contributed by atoms with van der Waals surface area (Å²) in [5.41, 5.74) is 3.31. The fourth-order valence-corrected chi connectivity index (χ4v) is 3.26. The van der Waals surface area contributed by atoms with Gasteiger partial charge in [0.15, 0.2) is 0 Å². The quantitative estimate of drug-likeness (QED) is 0.883. The fraction of sp³-hybridized carbons (Fsp3) is 0.300. The number of aryl methyl sites for hydroxylation is 2. The van der Waals surface area contributed by atoms with Crippen molar-refractivity contribution in [2.45, 2.75) is 20.3 Å². The van der Waals surface area contributed by atoms with Gasteiger partial charge in [-0.2, -0.15) is 0 Å². The van der Waals surface area contributed by atoms with Gasteiger partial charge in [-0.1, -0.05) is 23.7 Å². The van der Waals surface area contributed by atoms with E-state index in [1.165, 1.54) is 0 Å². The molecule has 0 spiro atoms. The summed E-state index contributed by atoms with van der Waals surface area (Å²) in [6.45, 7) is 4.18. The lowest BCUT2D eigenvalue weighted by Crippen LogP contribution is -2.28. The van der Waals surface area contributed by atoms with Crippen LogP contribution in [0.25, 0.3) is 0 Å². The summed E-state index contributed by atoms with van der Waals surface area (Å²) >= 11 is 6.01. The van der Waals surface area contributed by atoms with Crippen LogP contribution in [0.5, 0.6) is 5.75 Å². The van der Waals surface area contributed by atoms with E-state index in [-0.39, 0.29) is 18.2 Å². The molecule has 2 aromatic rings. The number of rotatable bonds is 4. The molecule has 0 bridgehead atoms. The van der Waals surface area contributed by atoms with Crippen LogP contribution in [-0.4, -0.2) is 25.5 Å². The van der Waals surface area contributed by atoms with Crippen LogP contribution in [-0.2, 0) is 9.59 Å². The molecule has 1 fully saturated rings. The first kappa shape index (κ1) is 18.3. The highest BCUT2D eigenvalue weighted by molar-refractivity contribution is 6.31. The second-order valence-electron chi connectivity index (χ2n) is 6.53. The highest BCUT2D eigenvalue weighted by atomic mass is 35.5. The van der Waals surface area contributed by atoms with E-state index < -0.39 is 5.92 Å². The first-order chi connectivity index (χ1) is 12.4. The Morgan fingerprint density at radius 2 is 2.00 bits per heavy atom. The molecule has 3 rings (SSSR count). The monoisotopic (exact) mass is 372 g/mol. The number of halogens is 1. The smallest absolute Gasteiger partial charge is 0.229 e. The number of hydrogen-bond acceptors (Lipinski definition) is 3. The molecule has 6 heteroatoms. The lowest BCUT2D eigenvalue weighted by molar-refractivity contribution is -0.122. The van der Waals surface area contributed by atoms with E-state index >= 15 is 0 Å². The van der Waals surface area contributed by atoms with Crippen molar-refractivity contribution in [3.05, 3.63) is 52.5 Å². The van der Waals surface area contributed by atoms with Crippen molar-refractivity contribution in [3.63, 3.8) is 0 Å². The summed E-state index contributed by atoms with van der Waals surface area (Å²) < 4.78 is 5.37. The maximum Gasteiger partial charge on any atom is 0.229 e. The van der Waals surface area contributed by atoms with Crippen LogP contribution in [0.4, 0.5) is 11.4 Å². The Labute approximate surface area is 157 Å². The van der Waals surface area contributed by atoms with Crippen LogP contribution < -0.4 is 15.0 Å². The summed E-state index contributed by atoms with van der Waals surface area (Å²) in [5, 5.41) is 3.45. The second kappa shape index (κ2) is 7.38. The number of hydrogen-bond donors (Lipinski definition) is 1. The van der Waals surface area contributed by atoms with Gasteiger partial charge in [-0.25, -0.2) is 0 Å². The Balaban J connectivity index is 1.78. The molecule has 0 saturated carbocycles. The number of methoxy groups -OCH3 is 1. The largest absolute Gasteiger partial charge is 0.495 e. The van der Waals surface area contributed by atoms with E-state index in [0.29, 0.717) is 28.7 Å².